The second-order valence-electron chi connectivity index (χ2n) is 8.50. The third-order valence-corrected chi connectivity index (χ3v) is 6.52. The predicted octanol–water partition coefficient (Wildman–Crippen LogP) is 2.63. The third kappa shape index (κ3) is 5.85. The molecule has 4 rings (SSSR count). The number of hydrogen-bond donors (Lipinski definition) is 1. The third-order valence-electron chi connectivity index (χ3n) is 6.52. The zero-order valence-corrected chi connectivity index (χ0v) is 18.9. The summed E-state index contributed by atoms with van der Waals surface area (Å²) in [4.78, 5) is 21.5. The van der Waals surface area contributed by atoms with Crippen molar-refractivity contribution in [3.8, 4) is 5.75 Å². The van der Waals surface area contributed by atoms with Crippen molar-refractivity contribution in [1.82, 2.24) is 20.1 Å². The molecule has 2 aromatic rings. The molecule has 0 bridgehead atoms. The van der Waals surface area contributed by atoms with Gasteiger partial charge in [0.15, 0.2) is 0 Å². The minimum Gasteiger partial charge on any atom is -0.497 e. The van der Waals surface area contributed by atoms with Gasteiger partial charge in [-0.05, 0) is 54.8 Å². The number of rotatable bonds is 10. The van der Waals surface area contributed by atoms with E-state index in [0.717, 1.165) is 64.5 Å². The molecule has 0 unspecified atom stereocenters. The van der Waals surface area contributed by atoms with Gasteiger partial charge in [0.1, 0.15) is 5.75 Å². The van der Waals surface area contributed by atoms with E-state index in [4.69, 9.17) is 9.47 Å². The SMILES string of the molecule is COc1cccc(CNCC[C@@H]2CCC(=O)N2C[C@@H](c2ccncc2)N2CCOCC2)c1. The van der Waals surface area contributed by atoms with Crippen molar-refractivity contribution in [2.24, 2.45) is 0 Å². The Balaban J connectivity index is 1.35. The summed E-state index contributed by atoms with van der Waals surface area (Å²) >= 11 is 0. The van der Waals surface area contributed by atoms with Crippen molar-refractivity contribution < 1.29 is 14.3 Å². The highest BCUT2D eigenvalue weighted by Gasteiger charge is 2.34. The first kappa shape index (κ1) is 22.7. The maximum absolute atomic E-state index is 12.8. The molecule has 2 aliphatic rings. The predicted molar refractivity (Wildman–Crippen MR) is 123 cm³/mol. The second-order valence-corrected chi connectivity index (χ2v) is 8.50. The van der Waals surface area contributed by atoms with Crippen molar-refractivity contribution in [3.63, 3.8) is 0 Å². The Labute approximate surface area is 190 Å². The monoisotopic (exact) mass is 438 g/mol. The van der Waals surface area contributed by atoms with E-state index in [9.17, 15) is 4.79 Å². The van der Waals surface area contributed by atoms with Crippen LogP contribution in [0.4, 0.5) is 0 Å². The Morgan fingerprint density at radius 2 is 2.03 bits per heavy atom. The fourth-order valence-corrected chi connectivity index (χ4v) is 4.72. The molecule has 7 heteroatoms. The summed E-state index contributed by atoms with van der Waals surface area (Å²) in [5, 5.41) is 3.53. The minimum atomic E-state index is 0.177. The van der Waals surface area contributed by atoms with Crippen LogP contribution in [0.25, 0.3) is 0 Å². The van der Waals surface area contributed by atoms with Crippen LogP contribution in [0.5, 0.6) is 5.75 Å². The lowest BCUT2D eigenvalue weighted by atomic mass is 10.0. The topological polar surface area (TPSA) is 66.9 Å². The molecule has 1 aromatic heterocycles. The van der Waals surface area contributed by atoms with Gasteiger partial charge in [-0.25, -0.2) is 0 Å². The van der Waals surface area contributed by atoms with Crippen LogP contribution in [0.2, 0.25) is 0 Å². The number of amides is 1. The van der Waals surface area contributed by atoms with Crippen LogP contribution in [0.1, 0.15) is 36.4 Å². The van der Waals surface area contributed by atoms with Gasteiger partial charge < -0.3 is 19.7 Å². The Kier molecular flexibility index (Phi) is 8.09. The van der Waals surface area contributed by atoms with Crippen molar-refractivity contribution in [2.75, 3.05) is 46.5 Å². The number of carbonyl (C=O) groups excluding carboxylic acids is 1. The summed E-state index contributed by atoms with van der Waals surface area (Å²) in [6.07, 6.45) is 6.23. The van der Waals surface area contributed by atoms with E-state index in [2.05, 4.69) is 44.4 Å². The van der Waals surface area contributed by atoms with Crippen molar-refractivity contribution in [3.05, 3.63) is 59.9 Å². The number of benzene rings is 1. The van der Waals surface area contributed by atoms with Crippen molar-refractivity contribution in [2.45, 2.75) is 37.9 Å². The summed E-state index contributed by atoms with van der Waals surface area (Å²) in [7, 11) is 1.69. The Morgan fingerprint density at radius 3 is 2.81 bits per heavy atom. The standard InChI is InChI=1S/C25H34N4O3/c1-31-23-4-2-3-20(17-23)18-27-12-9-22-5-6-25(30)29(22)19-24(21-7-10-26-11-8-21)28-13-15-32-16-14-28/h2-4,7-8,10-11,17,22,24,27H,5-6,9,12-16,18-19H2,1H3/t22-,24-/m0/s1. The van der Waals surface area contributed by atoms with Crippen LogP contribution in [0.3, 0.4) is 0 Å². The number of methoxy groups -OCH3 is 1. The van der Waals surface area contributed by atoms with Crippen LogP contribution in [-0.2, 0) is 16.1 Å². The Bertz CT molecular complexity index is 857. The molecule has 0 aliphatic carbocycles. The van der Waals surface area contributed by atoms with E-state index in [1.165, 1.54) is 11.1 Å². The first-order valence-electron chi connectivity index (χ1n) is 11.6. The van der Waals surface area contributed by atoms with Gasteiger partial charge in [0.2, 0.25) is 5.91 Å². The molecule has 2 aliphatic heterocycles. The van der Waals surface area contributed by atoms with Gasteiger partial charge in [0, 0.05) is 51.0 Å². The fourth-order valence-electron chi connectivity index (χ4n) is 4.72. The molecule has 2 atom stereocenters. The molecule has 3 heterocycles. The van der Waals surface area contributed by atoms with E-state index in [1.54, 1.807) is 7.11 Å². The molecule has 2 saturated heterocycles. The zero-order valence-electron chi connectivity index (χ0n) is 18.9. The number of carbonyl (C=O) groups is 1. The number of hydrogen-bond acceptors (Lipinski definition) is 6. The number of likely N-dealkylation sites (tertiary alicyclic amines) is 1. The largest absolute Gasteiger partial charge is 0.497 e. The summed E-state index contributed by atoms with van der Waals surface area (Å²) in [6.45, 7) is 5.67. The van der Waals surface area contributed by atoms with Gasteiger partial charge in [-0.3, -0.25) is 14.7 Å². The lowest BCUT2D eigenvalue weighted by molar-refractivity contribution is -0.130. The number of pyridine rings is 1. The number of morpholine rings is 1. The van der Waals surface area contributed by atoms with Crippen LogP contribution in [0.15, 0.2) is 48.8 Å². The molecule has 1 N–H and O–H groups in total. The van der Waals surface area contributed by atoms with E-state index in [1.807, 2.05) is 24.5 Å². The van der Waals surface area contributed by atoms with Crippen LogP contribution >= 0.6 is 0 Å². The van der Waals surface area contributed by atoms with E-state index >= 15 is 0 Å². The van der Waals surface area contributed by atoms with Crippen LogP contribution < -0.4 is 10.1 Å². The molecule has 7 nitrogen and oxygen atoms in total. The average molecular weight is 439 g/mol. The molecule has 1 amide bonds. The van der Waals surface area contributed by atoms with E-state index in [0.29, 0.717) is 6.42 Å². The zero-order chi connectivity index (χ0) is 22.2. The highest BCUT2D eigenvalue weighted by molar-refractivity contribution is 5.78. The van der Waals surface area contributed by atoms with Crippen molar-refractivity contribution >= 4 is 5.91 Å². The fraction of sp³-hybridized carbons (Fsp3) is 0.520. The molecule has 32 heavy (non-hydrogen) atoms. The van der Waals surface area contributed by atoms with E-state index in [-0.39, 0.29) is 18.0 Å². The molecule has 172 valence electrons. The maximum atomic E-state index is 12.8. The van der Waals surface area contributed by atoms with Gasteiger partial charge in [-0.2, -0.15) is 0 Å². The summed E-state index contributed by atoms with van der Waals surface area (Å²) < 4.78 is 10.9. The molecule has 0 spiro atoms. The molecule has 0 saturated carbocycles. The quantitative estimate of drug-likeness (QED) is 0.576. The summed E-state index contributed by atoms with van der Waals surface area (Å²) in [6, 6.07) is 12.7. The first-order valence-corrected chi connectivity index (χ1v) is 11.6. The first-order chi connectivity index (χ1) is 15.7. The molecule has 1 aromatic carbocycles. The van der Waals surface area contributed by atoms with E-state index < -0.39 is 0 Å². The number of ether oxygens (including phenoxy) is 2. The van der Waals surface area contributed by atoms with Crippen LogP contribution in [-0.4, -0.2) is 73.2 Å². The number of aromatic nitrogens is 1. The molecular weight excluding hydrogens is 404 g/mol. The highest BCUT2D eigenvalue weighted by Crippen LogP contribution is 2.28. The lowest BCUT2D eigenvalue weighted by Crippen LogP contribution is -2.46. The lowest BCUT2D eigenvalue weighted by Gasteiger charge is -2.38. The maximum Gasteiger partial charge on any atom is 0.222 e. The summed E-state index contributed by atoms with van der Waals surface area (Å²) in [5.74, 6) is 1.15. The normalized spacial score (nSPS) is 20.5. The average Bonchev–Trinajstić information content (AvgIpc) is 3.20. The molecule has 2 fully saturated rings. The van der Waals surface area contributed by atoms with Gasteiger partial charge in [-0.15, -0.1) is 0 Å². The molecule has 0 radical (unpaired) electrons. The van der Waals surface area contributed by atoms with Gasteiger partial charge in [-0.1, -0.05) is 12.1 Å². The van der Waals surface area contributed by atoms with Gasteiger partial charge >= 0.3 is 0 Å². The smallest absolute Gasteiger partial charge is 0.222 e. The van der Waals surface area contributed by atoms with Crippen molar-refractivity contribution in [1.29, 1.82) is 0 Å². The minimum absolute atomic E-state index is 0.177. The Morgan fingerprint density at radius 1 is 1.22 bits per heavy atom. The Hall–Kier alpha value is -2.48. The molecular formula is C25H34N4O3. The van der Waals surface area contributed by atoms with Crippen LogP contribution in [0, 0.1) is 0 Å². The second kappa shape index (κ2) is 11.4. The van der Waals surface area contributed by atoms with Gasteiger partial charge in [0.25, 0.3) is 0 Å². The number of nitrogens with one attached hydrogen (secondary N) is 1. The number of nitrogens with zero attached hydrogens (tertiary/aromatic N) is 3. The summed E-state index contributed by atoms with van der Waals surface area (Å²) in [5.41, 5.74) is 2.42. The van der Waals surface area contributed by atoms with Gasteiger partial charge in [0.05, 0.1) is 26.4 Å². The highest BCUT2D eigenvalue weighted by atomic mass is 16.5.